The van der Waals surface area contributed by atoms with Crippen LogP contribution in [0.3, 0.4) is 0 Å². The SMILES string of the molecule is O=C=NC(F)c1cccc(OC(F)(F)F)c1. The summed E-state index contributed by atoms with van der Waals surface area (Å²) in [5, 5.41) is 0. The van der Waals surface area contributed by atoms with Crippen molar-refractivity contribution in [1.29, 1.82) is 0 Å². The molecule has 0 amide bonds. The number of isocyanates is 1. The van der Waals surface area contributed by atoms with Crippen LogP contribution in [0.4, 0.5) is 17.6 Å². The summed E-state index contributed by atoms with van der Waals surface area (Å²) in [5.41, 5.74) is -0.217. The van der Waals surface area contributed by atoms with E-state index in [4.69, 9.17) is 0 Å². The van der Waals surface area contributed by atoms with Gasteiger partial charge in [0.2, 0.25) is 12.4 Å². The van der Waals surface area contributed by atoms with E-state index in [-0.39, 0.29) is 5.56 Å². The number of alkyl halides is 4. The summed E-state index contributed by atoms with van der Waals surface area (Å²) in [7, 11) is 0. The number of rotatable bonds is 3. The van der Waals surface area contributed by atoms with Crippen LogP contribution < -0.4 is 4.74 Å². The van der Waals surface area contributed by atoms with Crippen LogP contribution in [0.25, 0.3) is 0 Å². The largest absolute Gasteiger partial charge is 0.573 e. The Morgan fingerprint density at radius 3 is 2.62 bits per heavy atom. The Morgan fingerprint density at radius 1 is 1.38 bits per heavy atom. The molecule has 0 saturated carbocycles. The first-order valence-electron chi connectivity index (χ1n) is 3.99. The smallest absolute Gasteiger partial charge is 0.406 e. The van der Waals surface area contributed by atoms with Crippen LogP contribution in [-0.4, -0.2) is 12.4 Å². The molecule has 86 valence electrons. The zero-order valence-corrected chi connectivity index (χ0v) is 7.66. The van der Waals surface area contributed by atoms with E-state index in [1.165, 1.54) is 6.07 Å². The number of hydrogen-bond acceptors (Lipinski definition) is 3. The van der Waals surface area contributed by atoms with E-state index in [0.29, 0.717) is 0 Å². The van der Waals surface area contributed by atoms with Gasteiger partial charge < -0.3 is 4.74 Å². The maximum Gasteiger partial charge on any atom is 0.573 e. The Hall–Kier alpha value is -1.88. The molecule has 16 heavy (non-hydrogen) atoms. The zero-order chi connectivity index (χ0) is 12.2. The number of aliphatic imine (C=N–C) groups is 1. The number of hydrogen-bond donors (Lipinski definition) is 0. The van der Waals surface area contributed by atoms with Crippen molar-refractivity contribution in [3.8, 4) is 5.75 Å². The van der Waals surface area contributed by atoms with Gasteiger partial charge in [-0.25, -0.2) is 9.18 Å². The van der Waals surface area contributed by atoms with Gasteiger partial charge in [0.05, 0.1) is 0 Å². The Morgan fingerprint density at radius 2 is 2.06 bits per heavy atom. The molecule has 0 bridgehead atoms. The van der Waals surface area contributed by atoms with Crippen LogP contribution in [0.2, 0.25) is 0 Å². The third kappa shape index (κ3) is 3.70. The molecular weight excluding hydrogens is 230 g/mol. The highest BCUT2D eigenvalue weighted by Crippen LogP contribution is 2.27. The van der Waals surface area contributed by atoms with Crippen molar-refractivity contribution in [2.45, 2.75) is 12.7 Å². The van der Waals surface area contributed by atoms with Gasteiger partial charge in [-0.3, -0.25) is 0 Å². The fourth-order valence-electron chi connectivity index (χ4n) is 0.981. The fourth-order valence-corrected chi connectivity index (χ4v) is 0.981. The van der Waals surface area contributed by atoms with E-state index < -0.39 is 18.4 Å². The van der Waals surface area contributed by atoms with E-state index in [1.54, 1.807) is 0 Å². The lowest BCUT2D eigenvalue weighted by molar-refractivity contribution is -0.274. The van der Waals surface area contributed by atoms with Crippen molar-refractivity contribution in [2.75, 3.05) is 0 Å². The van der Waals surface area contributed by atoms with Gasteiger partial charge in [0, 0.05) is 5.56 Å². The molecule has 1 aromatic carbocycles. The summed E-state index contributed by atoms with van der Waals surface area (Å²) in [6.45, 7) is 0. The molecule has 0 radical (unpaired) electrons. The molecule has 0 spiro atoms. The first-order chi connectivity index (χ1) is 7.42. The first kappa shape index (κ1) is 12.2. The van der Waals surface area contributed by atoms with Crippen LogP contribution in [0, 0.1) is 0 Å². The summed E-state index contributed by atoms with van der Waals surface area (Å²) in [6, 6.07) is 4.14. The van der Waals surface area contributed by atoms with E-state index in [9.17, 15) is 22.4 Å². The summed E-state index contributed by atoms with van der Waals surface area (Å²) >= 11 is 0. The molecule has 0 aromatic heterocycles. The summed E-state index contributed by atoms with van der Waals surface area (Å²) in [4.78, 5) is 12.5. The number of nitrogens with zero attached hydrogens (tertiary/aromatic N) is 1. The van der Waals surface area contributed by atoms with E-state index in [0.717, 1.165) is 24.3 Å². The number of halogens is 4. The van der Waals surface area contributed by atoms with Crippen LogP contribution in [0.15, 0.2) is 29.3 Å². The average molecular weight is 235 g/mol. The van der Waals surface area contributed by atoms with Crippen molar-refractivity contribution >= 4 is 6.08 Å². The Kier molecular flexibility index (Phi) is 3.63. The molecule has 0 aliphatic carbocycles. The summed E-state index contributed by atoms with van der Waals surface area (Å²) in [5.74, 6) is -0.575. The minimum atomic E-state index is -4.85. The van der Waals surface area contributed by atoms with Crippen LogP contribution in [0.5, 0.6) is 5.75 Å². The Labute approximate surface area is 87.4 Å². The van der Waals surface area contributed by atoms with Gasteiger partial charge in [-0.2, -0.15) is 4.99 Å². The second-order valence-electron chi connectivity index (χ2n) is 2.68. The lowest BCUT2D eigenvalue weighted by Crippen LogP contribution is -2.17. The van der Waals surface area contributed by atoms with Gasteiger partial charge in [0.25, 0.3) is 0 Å². The number of carbonyl (C=O) groups excluding carboxylic acids is 1. The molecule has 1 atom stereocenters. The molecular formula is C9H5F4NO2. The summed E-state index contributed by atoms with van der Waals surface area (Å²) in [6.07, 6.45) is -5.93. The predicted octanol–water partition coefficient (Wildman–Crippen LogP) is 2.89. The molecule has 0 aliphatic heterocycles. The molecule has 1 rings (SSSR count). The van der Waals surface area contributed by atoms with Gasteiger partial charge in [-0.05, 0) is 12.1 Å². The average Bonchev–Trinajstić information content (AvgIpc) is 2.16. The Bertz CT molecular complexity index is 412. The third-order valence-corrected chi connectivity index (χ3v) is 1.53. The monoisotopic (exact) mass is 235 g/mol. The maximum absolute atomic E-state index is 13.0. The maximum atomic E-state index is 13.0. The number of benzene rings is 1. The topological polar surface area (TPSA) is 38.7 Å². The normalized spacial score (nSPS) is 12.8. The zero-order valence-electron chi connectivity index (χ0n) is 7.66. The van der Waals surface area contributed by atoms with Crippen molar-refractivity contribution in [2.24, 2.45) is 4.99 Å². The first-order valence-corrected chi connectivity index (χ1v) is 3.99. The standard InChI is InChI=1S/C9H5F4NO2/c10-8(14-5-15)6-2-1-3-7(4-6)16-9(11,12)13/h1-4,8H. The number of ether oxygens (including phenoxy) is 1. The highest BCUT2D eigenvalue weighted by Gasteiger charge is 2.31. The quantitative estimate of drug-likeness (QED) is 0.349. The van der Waals surface area contributed by atoms with Gasteiger partial charge in [-0.15, -0.1) is 13.2 Å². The minimum absolute atomic E-state index is 0.217. The molecule has 0 saturated heterocycles. The molecule has 0 aliphatic rings. The van der Waals surface area contributed by atoms with Crippen LogP contribution in [0.1, 0.15) is 11.9 Å². The highest BCUT2D eigenvalue weighted by atomic mass is 19.4. The Balaban J connectivity index is 2.91. The highest BCUT2D eigenvalue weighted by molar-refractivity contribution is 5.36. The second-order valence-corrected chi connectivity index (χ2v) is 2.68. The van der Waals surface area contributed by atoms with Gasteiger partial charge in [-0.1, -0.05) is 12.1 Å². The molecule has 0 fully saturated rings. The van der Waals surface area contributed by atoms with Gasteiger partial charge >= 0.3 is 6.36 Å². The minimum Gasteiger partial charge on any atom is -0.406 e. The lowest BCUT2D eigenvalue weighted by atomic mass is 10.2. The predicted molar refractivity (Wildman–Crippen MR) is 45.1 cm³/mol. The molecule has 0 N–H and O–H groups in total. The van der Waals surface area contributed by atoms with Gasteiger partial charge in [0.15, 0.2) is 0 Å². The lowest BCUT2D eigenvalue weighted by Gasteiger charge is -2.09. The van der Waals surface area contributed by atoms with E-state index in [1.807, 2.05) is 0 Å². The molecule has 3 nitrogen and oxygen atoms in total. The molecule has 0 heterocycles. The van der Waals surface area contributed by atoms with Gasteiger partial charge in [0.1, 0.15) is 5.75 Å². The van der Waals surface area contributed by atoms with E-state index >= 15 is 0 Å². The molecule has 1 unspecified atom stereocenters. The van der Waals surface area contributed by atoms with Crippen molar-refractivity contribution < 1.29 is 27.1 Å². The third-order valence-electron chi connectivity index (χ3n) is 1.53. The van der Waals surface area contributed by atoms with Crippen LogP contribution in [-0.2, 0) is 4.79 Å². The van der Waals surface area contributed by atoms with Crippen LogP contribution >= 0.6 is 0 Å². The molecule has 7 heteroatoms. The summed E-state index contributed by atoms with van der Waals surface area (Å²) < 4.78 is 52.0. The van der Waals surface area contributed by atoms with E-state index in [2.05, 4.69) is 9.73 Å². The second kappa shape index (κ2) is 4.76. The fraction of sp³-hybridized carbons (Fsp3) is 0.222. The molecule has 1 aromatic rings. The van der Waals surface area contributed by atoms with Crippen molar-refractivity contribution in [1.82, 2.24) is 0 Å². The van der Waals surface area contributed by atoms with Crippen molar-refractivity contribution in [3.63, 3.8) is 0 Å². The van der Waals surface area contributed by atoms with Crippen molar-refractivity contribution in [3.05, 3.63) is 29.8 Å².